The number of carbonyl (C=O) groups excluding carboxylic acids is 1. The molecule has 1 amide bonds. The van der Waals surface area contributed by atoms with E-state index in [9.17, 15) is 18.0 Å². The monoisotopic (exact) mass is 463 g/mol. The summed E-state index contributed by atoms with van der Waals surface area (Å²) in [6.45, 7) is 2.55. The molecule has 2 aromatic carbocycles. The highest BCUT2D eigenvalue weighted by Crippen LogP contribution is 2.31. The molecule has 6 nitrogen and oxygen atoms in total. The van der Waals surface area contributed by atoms with E-state index in [2.05, 4.69) is 15.5 Å². The van der Waals surface area contributed by atoms with Crippen LogP contribution in [0.5, 0.6) is 0 Å². The van der Waals surface area contributed by atoms with E-state index in [0.29, 0.717) is 11.7 Å². The molecule has 0 spiro atoms. The third kappa shape index (κ3) is 6.10. The number of hydrogen-bond acceptors (Lipinski definition) is 5. The van der Waals surface area contributed by atoms with Crippen molar-refractivity contribution in [2.75, 3.05) is 25.2 Å². The second-order valence-corrected chi connectivity index (χ2v) is 8.41. The molecular formula is C22H24F3N5OS. The Morgan fingerprint density at radius 2 is 1.84 bits per heavy atom. The van der Waals surface area contributed by atoms with Crippen molar-refractivity contribution in [3.8, 4) is 0 Å². The maximum atomic E-state index is 12.9. The molecule has 1 heterocycles. The lowest BCUT2D eigenvalue weighted by Gasteiger charge is -2.20. The molecule has 0 aliphatic heterocycles. The van der Waals surface area contributed by atoms with E-state index in [1.165, 1.54) is 23.9 Å². The van der Waals surface area contributed by atoms with Crippen LogP contribution in [0.15, 0.2) is 59.8 Å². The smallest absolute Gasteiger partial charge is 0.325 e. The molecule has 0 radical (unpaired) electrons. The van der Waals surface area contributed by atoms with Gasteiger partial charge in [-0.3, -0.25) is 9.69 Å². The average Bonchev–Trinajstić information content (AvgIpc) is 3.14. The van der Waals surface area contributed by atoms with Crippen LogP contribution in [0.3, 0.4) is 0 Å². The van der Waals surface area contributed by atoms with Gasteiger partial charge in [0.15, 0.2) is 11.0 Å². The van der Waals surface area contributed by atoms with Crippen LogP contribution < -0.4 is 5.32 Å². The first kappa shape index (κ1) is 23.8. The fraction of sp³-hybridized carbons (Fsp3) is 0.318. The molecule has 1 atom stereocenters. The zero-order chi connectivity index (χ0) is 23.3. The van der Waals surface area contributed by atoms with E-state index < -0.39 is 17.6 Å². The largest absolute Gasteiger partial charge is 0.416 e. The number of alkyl halides is 3. The molecule has 0 bridgehead atoms. The lowest BCUT2D eigenvalue weighted by molar-refractivity contribution is -0.137. The molecule has 0 aliphatic rings. The van der Waals surface area contributed by atoms with Crippen LogP contribution >= 0.6 is 11.8 Å². The number of carbonyl (C=O) groups is 1. The van der Waals surface area contributed by atoms with Crippen molar-refractivity contribution in [3.05, 3.63) is 71.5 Å². The van der Waals surface area contributed by atoms with Gasteiger partial charge in [-0.05, 0) is 44.8 Å². The molecule has 32 heavy (non-hydrogen) atoms. The second-order valence-electron chi connectivity index (χ2n) is 7.47. The minimum Gasteiger partial charge on any atom is -0.325 e. The molecule has 0 fully saturated rings. The second kappa shape index (κ2) is 10.2. The highest BCUT2D eigenvalue weighted by molar-refractivity contribution is 7.99. The molecule has 3 aromatic rings. The minimum atomic E-state index is -4.47. The minimum absolute atomic E-state index is 0.000466. The fourth-order valence-corrected chi connectivity index (χ4v) is 3.71. The van der Waals surface area contributed by atoms with Gasteiger partial charge in [-0.25, -0.2) is 0 Å². The quantitative estimate of drug-likeness (QED) is 0.491. The van der Waals surface area contributed by atoms with E-state index >= 15 is 0 Å². The normalized spacial score (nSPS) is 12.7. The maximum absolute atomic E-state index is 12.9. The molecule has 170 valence electrons. The predicted octanol–water partition coefficient (Wildman–Crippen LogP) is 4.70. The van der Waals surface area contributed by atoms with Crippen molar-refractivity contribution in [2.45, 2.75) is 30.8 Å². The molecule has 1 N–H and O–H groups in total. The molecule has 0 saturated heterocycles. The Bertz CT molecular complexity index is 1050. The van der Waals surface area contributed by atoms with Gasteiger partial charge in [0.1, 0.15) is 0 Å². The summed E-state index contributed by atoms with van der Waals surface area (Å²) in [5, 5.41) is 11.7. The first-order chi connectivity index (χ1) is 15.1. The van der Waals surface area contributed by atoms with Crippen molar-refractivity contribution in [1.82, 2.24) is 19.7 Å². The summed E-state index contributed by atoms with van der Waals surface area (Å²) in [5.41, 5.74) is 0.348. The van der Waals surface area contributed by atoms with Gasteiger partial charge in [-0.15, -0.1) is 10.2 Å². The Morgan fingerprint density at radius 3 is 2.50 bits per heavy atom. The Hall–Kier alpha value is -2.85. The van der Waals surface area contributed by atoms with Crippen molar-refractivity contribution in [1.29, 1.82) is 0 Å². The lowest BCUT2D eigenvalue weighted by Crippen LogP contribution is -2.21. The highest BCUT2D eigenvalue weighted by Gasteiger charge is 2.30. The Kier molecular flexibility index (Phi) is 7.57. The van der Waals surface area contributed by atoms with Crippen molar-refractivity contribution in [3.63, 3.8) is 0 Å². The van der Waals surface area contributed by atoms with Crippen molar-refractivity contribution in [2.24, 2.45) is 0 Å². The molecule has 3 rings (SSSR count). The van der Waals surface area contributed by atoms with E-state index in [0.717, 1.165) is 23.5 Å². The summed E-state index contributed by atoms with van der Waals surface area (Å²) in [6.07, 6.45) is -4.47. The number of nitrogens with one attached hydrogen (secondary N) is 1. The standard InChI is InChI=1S/C22H24F3N5OS/c1-15(29(2)3)20-27-28-21(30(20)13-16-8-5-4-6-9-16)32-14-19(31)26-18-11-7-10-17(12-18)22(23,24)25/h4-12,15H,13-14H2,1-3H3,(H,26,31). The van der Waals surface area contributed by atoms with Gasteiger partial charge in [-0.2, -0.15) is 13.2 Å². The van der Waals surface area contributed by atoms with Crippen LogP contribution in [0.1, 0.15) is 29.9 Å². The van der Waals surface area contributed by atoms with Gasteiger partial charge in [0, 0.05) is 5.69 Å². The number of thioether (sulfide) groups is 1. The predicted molar refractivity (Wildman–Crippen MR) is 118 cm³/mol. The average molecular weight is 464 g/mol. The summed E-state index contributed by atoms with van der Waals surface area (Å²) in [5.74, 6) is 0.324. The zero-order valence-corrected chi connectivity index (χ0v) is 18.7. The number of benzene rings is 2. The molecule has 0 aliphatic carbocycles. The van der Waals surface area contributed by atoms with Crippen LogP contribution in [0.25, 0.3) is 0 Å². The Labute approximate surface area is 188 Å². The number of hydrogen-bond donors (Lipinski definition) is 1. The van der Waals surface area contributed by atoms with E-state index in [1.807, 2.05) is 60.8 Å². The third-order valence-corrected chi connectivity index (χ3v) is 5.85. The first-order valence-electron chi connectivity index (χ1n) is 9.88. The highest BCUT2D eigenvalue weighted by atomic mass is 32.2. The van der Waals surface area contributed by atoms with Crippen LogP contribution in [0.4, 0.5) is 18.9 Å². The van der Waals surface area contributed by atoms with Crippen molar-refractivity contribution >= 4 is 23.4 Å². The van der Waals surface area contributed by atoms with Crippen LogP contribution in [0.2, 0.25) is 0 Å². The zero-order valence-electron chi connectivity index (χ0n) is 17.9. The summed E-state index contributed by atoms with van der Waals surface area (Å²) in [6, 6.07) is 14.4. The topological polar surface area (TPSA) is 63.1 Å². The van der Waals surface area contributed by atoms with Gasteiger partial charge in [-0.1, -0.05) is 48.2 Å². The molecule has 1 unspecified atom stereocenters. The van der Waals surface area contributed by atoms with Gasteiger partial charge in [0.05, 0.1) is 23.9 Å². The summed E-state index contributed by atoms with van der Waals surface area (Å²) in [7, 11) is 3.89. The number of halogens is 3. The molecule has 0 saturated carbocycles. The molecule has 10 heteroatoms. The number of aromatic nitrogens is 3. The SMILES string of the molecule is CC(c1nnc(SCC(=O)Nc2cccc(C(F)(F)F)c2)n1Cc1ccccc1)N(C)C. The van der Waals surface area contributed by atoms with Gasteiger partial charge < -0.3 is 9.88 Å². The number of nitrogens with zero attached hydrogens (tertiary/aromatic N) is 4. The fourth-order valence-electron chi connectivity index (χ4n) is 2.96. The van der Waals surface area contributed by atoms with Crippen LogP contribution in [-0.2, 0) is 17.5 Å². The van der Waals surface area contributed by atoms with Crippen LogP contribution in [0, 0.1) is 0 Å². The third-order valence-electron chi connectivity index (χ3n) is 4.88. The van der Waals surface area contributed by atoms with E-state index in [4.69, 9.17) is 0 Å². The van der Waals surface area contributed by atoms with Crippen molar-refractivity contribution < 1.29 is 18.0 Å². The van der Waals surface area contributed by atoms with Gasteiger partial charge >= 0.3 is 6.18 Å². The summed E-state index contributed by atoms with van der Waals surface area (Å²) >= 11 is 1.19. The first-order valence-corrected chi connectivity index (χ1v) is 10.9. The van der Waals surface area contributed by atoms with Crippen LogP contribution in [-0.4, -0.2) is 45.4 Å². The maximum Gasteiger partial charge on any atom is 0.416 e. The Balaban J connectivity index is 1.73. The summed E-state index contributed by atoms with van der Waals surface area (Å²) < 4.78 is 40.6. The van der Waals surface area contributed by atoms with Gasteiger partial charge in [0.25, 0.3) is 0 Å². The Morgan fingerprint density at radius 1 is 1.12 bits per heavy atom. The number of anilines is 1. The van der Waals surface area contributed by atoms with E-state index in [-0.39, 0.29) is 17.5 Å². The molecular weight excluding hydrogens is 439 g/mol. The number of amides is 1. The lowest BCUT2D eigenvalue weighted by atomic mass is 10.2. The molecule has 1 aromatic heterocycles. The number of rotatable bonds is 8. The van der Waals surface area contributed by atoms with Gasteiger partial charge in [0.2, 0.25) is 5.91 Å². The van der Waals surface area contributed by atoms with E-state index in [1.54, 1.807) is 0 Å². The summed E-state index contributed by atoms with van der Waals surface area (Å²) in [4.78, 5) is 14.4.